The summed E-state index contributed by atoms with van der Waals surface area (Å²) in [5.41, 5.74) is 5.95. The molecule has 14 rings (SSSR count). The van der Waals surface area contributed by atoms with Crippen LogP contribution in [0.2, 0.25) is 0 Å². The third-order valence-electron chi connectivity index (χ3n) is 19.4. The van der Waals surface area contributed by atoms with E-state index in [1.54, 1.807) is 18.3 Å². The predicted octanol–water partition coefficient (Wildman–Crippen LogP) is 8.25. The second kappa shape index (κ2) is 22.6. The number of hydrogen-bond acceptors (Lipinski definition) is 18. The summed E-state index contributed by atoms with van der Waals surface area (Å²) in [4.78, 5) is 50.8. The lowest BCUT2D eigenvalue weighted by molar-refractivity contribution is -0.384. The van der Waals surface area contributed by atoms with Crippen molar-refractivity contribution in [1.29, 1.82) is 0 Å². The standard InChI is InChI=1S/C62H72FN11O10S/c1-38-5-3-4-6-46(38)54-34-69(33-40-25-48(63)59(65-32-40)71-20-24-82-35-39(71)2)18-19-72(54)44-30-62(31-44)13-16-70(17-14-62)43-7-8-47(51(27-43)73-50-12-23-81-37-56(50)84-61-53(73)26-42-9-15-64-58(42)67-61)60(75)68-85(78,79)45-28-52(74(76)77)57-55(29-45)83-36-49(66-57)41-10-21-80-22-11-41/h3-9,15,25-29,32,39,41,44,49-50,54,56,66H,10-14,16-24,30-31,33-37H2,1-2H3,(H,64,67)(H,68,75)/t39-,49-,50-,54-,56-/m0/s1. The van der Waals surface area contributed by atoms with E-state index in [9.17, 15) is 23.3 Å². The Bertz CT molecular complexity index is 3640. The number of fused-ring (bicyclic) bond motifs is 4. The van der Waals surface area contributed by atoms with Crippen LogP contribution in [-0.4, -0.2) is 160 Å². The molecule has 0 unspecified atom stereocenters. The molecule has 3 aromatic heterocycles. The number of aromatic nitrogens is 3. The van der Waals surface area contributed by atoms with Crippen molar-refractivity contribution in [2.24, 2.45) is 11.3 Å². The lowest BCUT2D eigenvalue weighted by Gasteiger charge is -2.58. The quantitative estimate of drug-likeness (QED) is 0.0775. The van der Waals surface area contributed by atoms with Crippen molar-refractivity contribution in [3.63, 3.8) is 0 Å². The molecular formula is C62H72FN11O10S. The van der Waals surface area contributed by atoms with Gasteiger partial charge < -0.3 is 48.7 Å². The van der Waals surface area contributed by atoms with E-state index >= 15 is 4.39 Å². The van der Waals surface area contributed by atoms with Gasteiger partial charge in [0, 0.05) is 113 Å². The molecule has 5 atom stereocenters. The van der Waals surface area contributed by atoms with Gasteiger partial charge in [-0.1, -0.05) is 24.3 Å². The van der Waals surface area contributed by atoms with Crippen LogP contribution < -0.4 is 34.2 Å². The number of aromatic amines is 1. The molecule has 8 aliphatic rings. The SMILES string of the molecule is Cc1ccccc1[C@@H]1CN(Cc2cnc(N3CCOC[C@@H]3C)c(F)c2)CCN1C1CC2(CCN(c3ccc(C(=O)NS(=O)(=O)c4cc5c(c([N+](=O)[O-])c4)N[C@H](C4CCOCC4)CO5)c(N4c5cc6cc[nH]c6nc5O[C@H]5COCC[C@@H]54)c3)CC2)C1. The maximum absolute atomic E-state index is 15.7. The minimum Gasteiger partial charge on any atom is -0.489 e. The second-order valence-corrected chi connectivity index (χ2v) is 26.2. The number of rotatable bonds is 12. The minimum atomic E-state index is -4.72. The Hall–Kier alpha value is -7.15. The summed E-state index contributed by atoms with van der Waals surface area (Å²) >= 11 is 0. The van der Waals surface area contributed by atoms with Crippen LogP contribution in [0, 0.1) is 34.2 Å². The average Bonchev–Trinajstić information content (AvgIpc) is 2.46. The Balaban J connectivity index is 0.712. The summed E-state index contributed by atoms with van der Waals surface area (Å²) in [5.74, 6) is -0.283. The number of nitro benzene ring substituents is 1. The molecule has 10 heterocycles. The van der Waals surface area contributed by atoms with Crippen molar-refractivity contribution in [2.45, 2.75) is 107 Å². The van der Waals surface area contributed by atoms with Crippen LogP contribution in [-0.2, 0) is 30.8 Å². The fourth-order valence-electron chi connectivity index (χ4n) is 14.8. The highest BCUT2D eigenvalue weighted by Gasteiger charge is 2.51. The number of carbonyl (C=O) groups is 1. The number of benzene rings is 3. The van der Waals surface area contributed by atoms with Gasteiger partial charge in [0.25, 0.3) is 21.6 Å². The zero-order chi connectivity index (χ0) is 58.1. The molecule has 21 nitrogen and oxygen atoms in total. The molecule has 3 aromatic carbocycles. The number of nitrogens with one attached hydrogen (secondary N) is 3. The van der Waals surface area contributed by atoms with Crippen molar-refractivity contribution in [1.82, 2.24) is 29.5 Å². The first kappa shape index (κ1) is 55.7. The number of carbonyl (C=O) groups excluding carboxylic acids is 1. The highest BCUT2D eigenvalue weighted by molar-refractivity contribution is 7.90. The maximum atomic E-state index is 15.7. The van der Waals surface area contributed by atoms with Crippen LogP contribution in [0.3, 0.4) is 0 Å². The zero-order valence-electron chi connectivity index (χ0n) is 47.9. The number of H-pyrrole nitrogens is 1. The van der Waals surface area contributed by atoms with E-state index in [0.717, 1.165) is 94.0 Å². The number of anilines is 5. The number of morpholine rings is 1. The van der Waals surface area contributed by atoms with Crippen LogP contribution in [0.5, 0.6) is 11.6 Å². The molecule has 6 fully saturated rings. The number of amides is 1. The Morgan fingerprint density at radius 2 is 1.72 bits per heavy atom. The first-order chi connectivity index (χ1) is 41.2. The van der Waals surface area contributed by atoms with Crippen LogP contribution in [0.25, 0.3) is 11.0 Å². The van der Waals surface area contributed by atoms with Gasteiger partial charge in [-0.05, 0) is 123 Å². The molecule has 3 N–H and O–H groups in total. The molecular weight excluding hydrogens is 1110 g/mol. The topological polar surface area (TPSA) is 222 Å². The highest BCUT2D eigenvalue weighted by Crippen LogP contribution is 2.54. The number of hydrogen-bond donors (Lipinski definition) is 3. The van der Waals surface area contributed by atoms with Crippen LogP contribution in [0.4, 0.5) is 38.6 Å². The van der Waals surface area contributed by atoms with Crippen LogP contribution in [0.1, 0.15) is 85.0 Å². The lowest BCUT2D eigenvalue weighted by Crippen LogP contribution is -2.59. The van der Waals surface area contributed by atoms with Crippen molar-refractivity contribution in [2.75, 3.05) is 106 Å². The average molecular weight is 1180 g/mol. The van der Waals surface area contributed by atoms with E-state index in [4.69, 9.17) is 28.7 Å². The number of nitrogens with zero attached hydrogens (tertiary/aromatic N) is 8. The Morgan fingerprint density at radius 3 is 2.52 bits per heavy atom. The number of aryl methyl sites for hydroxylation is 1. The van der Waals surface area contributed by atoms with E-state index in [1.165, 1.54) is 17.2 Å². The number of sulfonamides is 1. The number of piperazine rings is 1. The van der Waals surface area contributed by atoms with Gasteiger partial charge >= 0.3 is 0 Å². The number of piperidine rings is 1. The van der Waals surface area contributed by atoms with E-state index in [0.29, 0.717) is 87.3 Å². The monoisotopic (exact) mass is 1180 g/mol. The first-order valence-corrected chi connectivity index (χ1v) is 31.5. The maximum Gasteiger partial charge on any atom is 0.297 e. The zero-order valence-corrected chi connectivity index (χ0v) is 48.7. The van der Waals surface area contributed by atoms with Gasteiger partial charge in [-0.2, -0.15) is 4.98 Å². The molecule has 6 aromatic rings. The largest absolute Gasteiger partial charge is 0.489 e. The fourth-order valence-corrected chi connectivity index (χ4v) is 15.8. The molecule has 7 aliphatic heterocycles. The summed E-state index contributed by atoms with van der Waals surface area (Å²) in [7, 11) is -4.72. The summed E-state index contributed by atoms with van der Waals surface area (Å²) in [6, 6.07) is 22.1. The van der Waals surface area contributed by atoms with Gasteiger partial charge in [-0.3, -0.25) is 24.7 Å². The molecule has 23 heteroatoms. The van der Waals surface area contributed by atoms with Crippen molar-refractivity contribution in [3.05, 3.63) is 123 Å². The summed E-state index contributed by atoms with van der Waals surface area (Å²) < 4.78 is 76.6. The molecule has 1 aliphatic carbocycles. The fraction of sp³-hybridized carbons (Fsp3) is 0.500. The second-order valence-electron chi connectivity index (χ2n) is 24.6. The number of pyridine rings is 2. The molecule has 85 heavy (non-hydrogen) atoms. The molecule has 1 amide bonds. The van der Waals surface area contributed by atoms with Crippen LogP contribution >= 0.6 is 0 Å². The number of ether oxygens (including phenoxy) is 5. The third kappa shape index (κ3) is 10.7. The smallest absolute Gasteiger partial charge is 0.297 e. The van der Waals surface area contributed by atoms with Gasteiger partial charge in [-0.25, -0.2) is 22.5 Å². The van der Waals surface area contributed by atoms with E-state index in [2.05, 4.69) is 70.8 Å². The van der Waals surface area contributed by atoms with Crippen LogP contribution in [0.15, 0.2) is 90.1 Å². The minimum absolute atomic E-state index is 0.0187. The van der Waals surface area contributed by atoms with Crippen molar-refractivity contribution >= 4 is 61.2 Å². The predicted molar refractivity (Wildman–Crippen MR) is 317 cm³/mol. The first-order valence-electron chi connectivity index (χ1n) is 30.0. The number of halogens is 1. The molecule has 0 bridgehead atoms. The van der Waals surface area contributed by atoms with Gasteiger partial charge in [0.15, 0.2) is 23.1 Å². The lowest BCUT2D eigenvalue weighted by atomic mass is 9.59. The van der Waals surface area contributed by atoms with E-state index < -0.39 is 37.5 Å². The highest BCUT2D eigenvalue weighted by atomic mass is 32.2. The summed E-state index contributed by atoms with van der Waals surface area (Å²) in [6.45, 7) is 12.8. The molecule has 5 saturated heterocycles. The normalized spacial score (nSPS) is 24.8. The van der Waals surface area contributed by atoms with Crippen molar-refractivity contribution in [3.8, 4) is 11.6 Å². The third-order valence-corrected chi connectivity index (χ3v) is 20.7. The molecule has 1 saturated carbocycles. The Kier molecular flexibility index (Phi) is 14.8. The van der Waals surface area contributed by atoms with E-state index in [1.807, 2.05) is 42.3 Å². The van der Waals surface area contributed by atoms with Gasteiger partial charge in [0.2, 0.25) is 5.88 Å². The molecule has 1 spiro atoms. The van der Waals surface area contributed by atoms with Gasteiger partial charge in [-0.15, -0.1) is 0 Å². The molecule has 0 radical (unpaired) electrons. The van der Waals surface area contributed by atoms with Crippen molar-refractivity contribution < 1.29 is 46.2 Å². The summed E-state index contributed by atoms with van der Waals surface area (Å²) in [6.07, 6.45) is 9.38. The Labute approximate surface area is 493 Å². The van der Waals surface area contributed by atoms with Gasteiger partial charge in [0.05, 0.1) is 59.0 Å². The summed E-state index contributed by atoms with van der Waals surface area (Å²) in [5, 5.41) is 16.7. The Morgan fingerprint density at radius 1 is 0.906 bits per heavy atom. The molecule has 448 valence electrons. The van der Waals surface area contributed by atoms with E-state index in [-0.39, 0.29) is 71.5 Å². The van der Waals surface area contributed by atoms with Gasteiger partial charge in [0.1, 0.15) is 24.0 Å². The number of nitro groups is 1.